The molecule has 0 heterocycles. The molecule has 0 unspecified atom stereocenters. The highest BCUT2D eigenvalue weighted by molar-refractivity contribution is 7.98. The minimum atomic E-state index is -0.706. The van der Waals surface area contributed by atoms with Gasteiger partial charge in [0.05, 0.1) is 5.41 Å². The maximum absolute atomic E-state index is 11.4. The molecule has 106 valence electrons. The molecular formula is C15H23NO2S. The van der Waals surface area contributed by atoms with E-state index in [1.807, 2.05) is 13.8 Å². The van der Waals surface area contributed by atoms with E-state index >= 15 is 0 Å². The summed E-state index contributed by atoms with van der Waals surface area (Å²) in [7, 11) is 0. The first kappa shape index (κ1) is 16.1. The Hall–Kier alpha value is -1.00. The average molecular weight is 281 g/mol. The van der Waals surface area contributed by atoms with E-state index in [1.165, 1.54) is 10.5 Å². The van der Waals surface area contributed by atoms with Crippen molar-refractivity contribution in [2.75, 3.05) is 12.8 Å². The van der Waals surface area contributed by atoms with Crippen LogP contribution in [0.2, 0.25) is 0 Å². The van der Waals surface area contributed by atoms with Crippen molar-refractivity contribution in [3.8, 4) is 0 Å². The Bertz CT molecular complexity index is 399. The number of hydrogen-bond acceptors (Lipinski definition) is 3. The van der Waals surface area contributed by atoms with E-state index in [4.69, 9.17) is 0 Å². The van der Waals surface area contributed by atoms with Crippen LogP contribution < -0.4 is 5.32 Å². The molecule has 0 spiro atoms. The second kappa shape index (κ2) is 7.56. The maximum Gasteiger partial charge on any atom is 0.310 e. The molecule has 1 rings (SSSR count). The molecule has 0 atom stereocenters. The number of rotatable bonds is 8. The number of benzene rings is 1. The third-order valence-electron chi connectivity index (χ3n) is 3.76. The molecule has 1 aromatic rings. The SMILES string of the molecule is CCC(CC)(CNCc1ccc(SC)cc1)C(=O)O. The van der Waals surface area contributed by atoms with Crippen LogP contribution in [0.3, 0.4) is 0 Å². The van der Waals surface area contributed by atoms with Gasteiger partial charge in [-0.25, -0.2) is 0 Å². The lowest BCUT2D eigenvalue weighted by Crippen LogP contribution is -2.39. The molecule has 0 aliphatic rings. The summed E-state index contributed by atoms with van der Waals surface area (Å²) in [5, 5.41) is 12.6. The van der Waals surface area contributed by atoms with Crippen LogP contribution in [0.4, 0.5) is 0 Å². The lowest BCUT2D eigenvalue weighted by atomic mass is 9.82. The zero-order valence-electron chi connectivity index (χ0n) is 11.9. The number of nitrogens with one attached hydrogen (secondary N) is 1. The van der Waals surface area contributed by atoms with Crippen LogP contribution in [-0.4, -0.2) is 23.9 Å². The van der Waals surface area contributed by atoms with E-state index in [1.54, 1.807) is 11.8 Å². The van der Waals surface area contributed by atoms with Crippen LogP contribution in [0, 0.1) is 5.41 Å². The molecule has 0 amide bonds. The molecule has 1 aromatic carbocycles. The molecule has 0 radical (unpaired) electrons. The van der Waals surface area contributed by atoms with E-state index in [0.717, 1.165) is 0 Å². The molecule has 2 N–H and O–H groups in total. The average Bonchev–Trinajstić information content (AvgIpc) is 2.44. The fraction of sp³-hybridized carbons (Fsp3) is 0.533. The van der Waals surface area contributed by atoms with Gasteiger partial charge in [-0.1, -0.05) is 26.0 Å². The largest absolute Gasteiger partial charge is 0.481 e. The first-order chi connectivity index (χ1) is 9.07. The zero-order valence-corrected chi connectivity index (χ0v) is 12.7. The fourth-order valence-electron chi connectivity index (χ4n) is 2.07. The van der Waals surface area contributed by atoms with Gasteiger partial charge in [-0.3, -0.25) is 4.79 Å². The van der Waals surface area contributed by atoms with E-state index in [9.17, 15) is 9.90 Å². The number of thioether (sulfide) groups is 1. The number of carbonyl (C=O) groups is 1. The quantitative estimate of drug-likeness (QED) is 0.717. The number of aliphatic carboxylic acids is 1. The molecule has 0 fully saturated rings. The highest BCUT2D eigenvalue weighted by Crippen LogP contribution is 2.25. The first-order valence-electron chi connectivity index (χ1n) is 6.65. The first-order valence-corrected chi connectivity index (χ1v) is 7.87. The number of hydrogen-bond donors (Lipinski definition) is 2. The van der Waals surface area contributed by atoms with Crippen molar-refractivity contribution in [2.24, 2.45) is 5.41 Å². The zero-order chi connectivity index (χ0) is 14.3. The fourth-order valence-corrected chi connectivity index (χ4v) is 2.48. The second-order valence-electron chi connectivity index (χ2n) is 4.74. The van der Waals surface area contributed by atoms with Gasteiger partial charge in [-0.2, -0.15) is 0 Å². The van der Waals surface area contributed by atoms with Crippen molar-refractivity contribution in [3.63, 3.8) is 0 Å². The lowest BCUT2D eigenvalue weighted by molar-refractivity contribution is -0.149. The van der Waals surface area contributed by atoms with Crippen molar-refractivity contribution in [1.82, 2.24) is 5.32 Å². The summed E-state index contributed by atoms with van der Waals surface area (Å²) >= 11 is 1.72. The van der Waals surface area contributed by atoms with Crippen molar-refractivity contribution in [2.45, 2.75) is 38.1 Å². The lowest BCUT2D eigenvalue weighted by Gasteiger charge is -2.27. The van der Waals surface area contributed by atoms with Crippen molar-refractivity contribution in [3.05, 3.63) is 29.8 Å². The maximum atomic E-state index is 11.4. The molecule has 0 saturated heterocycles. The molecule has 0 aliphatic carbocycles. The van der Waals surface area contributed by atoms with Crippen LogP contribution in [0.15, 0.2) is 29.2 Å². The molecule has 4 heteroatoms. The highest BCUT2D eigenvalue weighted by Gasteiger charge is 2.34. The van der Waals surface area contributed by atoms with E-state index < -0.39 is 11.4 Å². The normalized spacial score (nSPS) is 11.5. The van der Waals surface area contributed by atoms with Gasteiger partial charge in [-0.05, 0) is 36.8 Å². The molecule has 3 nitrogen and oxygen atoms in total. The monoisotopic (exact) mass is 281 g/mol. The predicted molar refractivity (Wildman–Crippen MR) is 80.6 cm³/mol. The summed E-state index contributed by atoms with van der Waals surface area (Å²) in [5.74, 6) is -0.706. The van der Waals surface area contributed by atoms with Crippen LogP contribution in [0.1, 0.15) is 32.3 Å². The Morgan fingerprint density at radius 2 is 1.84 bits per heavy atom. The molecule has 19 heavy (non-hydrogen) atoms. The number of carboxylic acids is 1. The van der Waals surface area contributed by atoms with E-state index in [2.05, 4.69) is 35.8 Å². The molecule has 0 aliphatic heterocycles. The van der Waals surface area contributed by atoms with Crippen LogP contribution >= 0.6 is 11.8 Å². The van der Waals surface area contributed by atoms with Gasteiger partial charge in [0.2, 0.25) is 0 Å². The smallest absolute Gasteiger partial charge is 0.310 e. The van der Waals surface area contributed by atoms with Crippen LogP contribution in [0.25, 0.3) is 0 Å². The summed E-state index contributed by atoms with van der Waals surface area (Å²) in [4.78, 5) is 12.6. The standard InChI is InChI=1S/C15H23NO2S/c1-4-15(5-2,14(17)18)11-16-10-12-6-8-13(19-3)9-7-12/h6-9,16H,4-5,10-11H2,1-3H3,(H,17,18). The summed E-state index contributed by atoms with van der Waals surface area (Å²) in [5.41, 5.74) is 0.545. The Kier molecular flexibility index (Phi) is 6.38. The predicted octanol–water partition coefficient (Wildman–Crippen LogP) is 3.39. The second-order valence-corrected chi connectivity index (χ2v) is 5.62. The third-order valence-corrected chi connectivity index (χ3v) is 4.50. The van der Waals surface area contributed by atoms with Gasteiger partial charge < -0.3 is 10.4 Å². The highest BCUT2D eigenvalue weighted by atomic mass is 32.2. The molecule has 0 bridgehead atoms. The number of carboxylic acid groups (broad SMARTS) is 1. The van der Waals surface area contributed by atoms with E-state index in [0.29, 0.717) is 25.9 Å². The minimum absolute atomic E-state index is 0.514. The Morgan fingerprint density at radius 1 is 1.26 bits per heavy atom. The third kappa shape index (κ3) is 4.25. The van der Waals surface area contributed by atoms with Gasteiger partial charge in [0.25, 0.3) is 0 Å². The molecule has 0 aromatic heterocycles. The Labute approximate surface area is 119 Å². The summed E-state index contributed by atoms with van der Waals surface area (Å²) in [6.07, 6.45) is 3.35. The van der Waals surface area contributed by atoms with Gasteiger partial charge in [0, 0.05) is 18.0 Å². The van der Waals surface area contributed by atoms with Crippen LogP contribution in [-0.2, 0) is 11.3 Å². The van der Waals surface area contributed by atoms with Crippen molar-refractivity contribution >= 4 is 17.7 Å². The minimum Gasteiger partial charge on any atom is -0.481 e. The van der Waals surface area contributed by atoms with Gasteiger partial charge >= 0.3 is 5.97 Å². The summed E-state index contributed by atoms with van der Waals surface area (Å²) in [6.45, 7) is 5.10. The van der Waals surface area contributed by atoms with Crippen LogP contribution in [0.5, 0.6) is 0 Å². The van der Waals surface area contributed by atoms with E-state index in [-0.39, 0.29) is 0 Å². The van der Waals surface area contributed by atoms with Crippen molar-refractivity contribution < 1.29 is 9.90 Å². The van der Waals surface area contributed by atoms with Gasteiger partial charge in [0.1, 0.15) is 0 Å². The topological polar surface area (TPSA) is 49.3 Å². The van der Waals surface area contributed by atoms with Gasteiger partial charge in [-0.15, -0.1) is 11.8 Å². The Morgan fingerprint density at radius 3 is 2.26 bits per heavy atom. The van der Waals surface area contributed by atoms with Gasteiger partial charge in [0.15, 0.2) is 0 Å². The summed E-state index contributed by atoms with van der Waals surface area (Å²) < 4.78 is 0. The van der Waals surface area contributed by atoms with Crippen molar-refractivity contribution in [1.29, 1.82) is 0 Å². The Balaban J connectivity index is 2.54. The molecule has 0 saturated carbocycles. The molecular weight excluding hydrogens is 258 g/mol. The summed E-state index contributed by atoms with van der Waals surface area (Å²) in [6, 6.07) is 8.34.